The molecule has 0 bridgehead atoms. The van der Waals surface area contributed by atoms with Crippen LogP contribution in [0, 0.1) is 17.7 Å². The first-order valence-electron chi connectivity index (χ1n) is 16.8. The molecule has 4 N–H and O–H groups in total. The topological polar surface area (TPSA) is 132 Å². The van der Waals surface area contributed by atoms with Crippen molar-refractivity contribution in [3.8, 4) is 0 Å². The van der Waals surface area contributed by atoms with Gasteiger partial charge >= 0.3 is 0 Å². The number of hydrogen-bond acceptors (Lipinski definition) is 7. The third-order valence-electron chi connectivity index (χ3n) is 10.0. The molecule has 1 aliphatic heterocycles. The Labute approximate surface area is 272 Å². The minimum absolute atomic E-state index is 0.00515. The average molecular weight is 642 g/mol. The number of anilines is 1. The van der Waals surface area contributed by atoms with Crippen LogP contribution in [0.3, 0.4) is 0 Å². The third-order valence-corrected chi connectivity index (χ3v) is 10.0. The Morgan fingerprint density at radius 2 is 1.78 bits per heavy atom. The van der Waals surface area contributed by atoms with Crippen molar-refractivity contribution in [1.82, 2.24) is 30.2 Å². The Balaban J connectivity index is 1.52. The lowest BCUT2D eigenvalue weighted by atomic mass is 9.79. The van der Waals surface area contributed by atoms with Gasteiger partial charge in [0, 0.05) is 50.8 Å². The van der Waals surface area contributed by atoms with E-state index in [2.05, 4.69) is 39.8 Å². The van der Waals surface area contributed by atoms with Gasteiger partial charge in [0.15, 0.2) is 0 Å². The van der Waals surface area contributed by atoms with Gasteiger partial charge in [-0.2, -0.15) is 5.10 Å². The number of carbonyl (C=O) groups is 3. The lowest BCUT2D eigenvalue weighted by molar-refractivity contribution is -0.125. The normalized spacial score (nSPS) is 23.6. The maximum Gasteiger partial charge on any atom is 0.270 e. The summed E-state index contributed by atoms with van der Waals surface area (Å²) in [7, 11) is 2.05. The van der Waals surface area contributed by atoms with Crippen molar-refractivity contribution in [1.29, 1.82) is 0 Å². The number of nitrogens with one attached hydrogen (secondary N) is 3. The predicted molar refractivity (Wildman–Crippen MR) is 176 cm³/mol. The number of aliphatic hydroxyl groups excluding tert-OH is 1. The first-order chi connectivity index (χ1) is 21.9. The van der Waals surface area contributed by atoms with E-state index in [9.17, 15) is 19.5 Å². The highest BCUT2D eigenvalue weighted by Gasteiger charge is 2.36. The van der Waals surface area contributed by atoms with Crippen LogP contribution in [0.15, 0.2) is 30.5 Å². The number of benzene rings is 1. The number of aromatic nitrogens is 2. The maximum atomic E-state index is 15.7. The van der Waals surface area contributed by atoms with Crippen LogP contribution in [-0.4, -0.2) is 93.4 Å². The Bertz CT molecular complexity index is 1340. The fourth-order valence-corrected chi connectivity index (χ4v) is 6.63. The number of amides is 3. The predicted octanol–water partition coefficient (Wildman–Crippen LogP) is 3.56. The smallest absolute Gasteiger partial charge is 0.270 e. The van der Waals surface area contributed by atoms with Crippen molar-refractivity contribution in [3.05, 3.63) is 47.5 Å². The molecular weight excluding hydrogens is 589 g/mol. The van der Waals surface area contributed by atoms with Crippen LogP contribution >= 0.6 is 0 Å². The molecule has 1 unspecified atom stereocenters. The zero-order chi connectivity index (χ0) is 33.5. The summed E-state index contributed by atoms with van der Waals surface area (Å²) in [6.07, 6.45) is 4.31. The van der Waals surface area contributed by atoms with Crippen LogP contribution in [0.5, 0.6) is 0 Å². The minimum atomic E-state index is -0.962. The molecule has 254 valence electrons. The first kappa shape index (κ1) is 35.5. The summed E-state index contributed by atoms with van der Waals surface area (Å²) in [6, 6.07) is 4.91. The molecule has 2 fully saturated rings. The number of likely N-dealkylation sites (N-methyl/N-ethyl adjacent to an activating group) is 1. The summed E-state index contributed by atoms with van der Waals surface area (Å²) < 4.78 is 17.2. The van der Waals surface area contributed by atoms with Gasteiger partial charge < -0.3 is 26.0 Å². The van der Waals surface area contributed by atoms with E-state index in [1.165, 1.54) is 12.1 Å². The van der Waals surface area contributed by atoms with E-state index in [1.807, 2.05) is 25.8 Å². The van der Waals surface area contributed by atoms with Gasteiger partial charge in [-0.25, -0.2) is 4.39 Å². The van der Waals surface area contributed by atoms with Crippen LogP contribution in [0.4, 0.5) is 10.1 Å². The zero-order valence-electron chi connectivity index (χ0n) is 28.1. The van der Waals surface area contributed by atoms with Gasteiger partial charge in [-0.3, -0.25) is 24.0 Å². The molecule has 11 nitrogen and oxygen atoms in total. The summed E-state index contributed by atoms with van der Waals surface area (Å²) in [4.78, 5) is 43.6. The van der Waals surface area contributed by atoms with Crippen LogP contribution in [0.25, 0.3) is 0 Å². The van der Waals surface area contributed by atoms with Gasteiger partial charge in [-0.1, -0.05) is 39.7 Å². The molecule has 0 spiro atoms. The third kappa shape index (κ3) is 8.51. The van der Waals surface area contributed by atoms with Crippen LogP contribution in [0.1, 0.15) is 88.7 Å². The van der Waals surface area contributed by atoms with Gasteiger partial charge in [-0.05, 0) is 69.3 Å². The standard InChI is InChI=1S/C34H52FN7O4/c1-7-29(43)38-30(34(46)41-18-17-40(6)22(4)20-41)23(5)25-13-14-27(26(35)19-25)37-33(45)31(24-11-9-21(3)10-12-24)39-32(44)28-15-16-36-42(28)8-2/h13-16,19,21-24,30-31,34,46H,7-12,17-18,20H2,1-6H3,(H,37,45)(H,38,43)(H,39,44)/t21-,22-,23+,24-,30-,31+,34?/m1/s1. The maximum absolute atomic E-state index is 15.7. The molecule has 3 amide bonds. The van der Waals surface area contributed by atoms with E-state index in [0.717, 1.165) is 32.2 Å². The number of nitrogens with zero attached hydrogens (tertiary/aromatic N) is 4. The fraction of sp³-hybridized carbons (Fsp3) is 0.647. The van der Waals surface area contributed by atoms with E-state index in [0.29, 0.717) is 36.8 Å². The average Bonchev–Trinajstić information content (AvgIpc) is 3.53. The molecule has 2 aliphatic rings. The molecular formula is C34H52FN7O4. The van der Waals surface area contributed by atoms with Gasteiger partial charge in [0.25, 0.3) is 5.91 Å². The molecule has 1 saturated carbocycles. The van der Waals surface area contributed by atoms with Gasteiger partial charge in [-0.15, -0.1) is 0 Å². The second kappa shape index (κ2) is 16.0. The lowest BCUT2D eigenvalue weighted by Gasteiger charge is -2.43. The molecule has 2 heterocycles. The first-order valence-corrected chi connectivity index (χ1v) is 16.8. The molecule has 1 aromatic heterocycles. The zero-order valence-corrected chi connectivity index (χ0v) is 28.1. The van der Waals surface area contributed by atoms with Gasteiger partial charge in [0.1, 0.15) is 23.8 Å². The number of halogens is 1. The Hall–Kier alpha value is -3.35. The molecule has 1 saturated heterocycles. The van der Waals surface area contributed by atoms with Crippen LogP contribution < -0.4 is 16.0 Å². The number of hydrogen-bond donors (Lipinski definition) is 4. The van der Waals surface area contributed by atoms with E-state index in [-0.39, 0.29) is 30.0 Å². The number of carbonyl (C=O) groups excluding carboxylic acids is 3. The molecule has 5 atom stereocenters. The van der Waals surface area contributed by atoms with E-state index >= 15 is 4.39 Å². The van der Waals surface area contributed by atoms with E-state index in [1.54, 1.807) is 29.9 Å². The molecule has 12 heteroatoms. The molecule has 1 aliphatic carbocycles. The quantitative estimate of drug-likeness (QED) is 0.279. The summed E-state index contributed by atoms with van der Waals surface area (Å²) in [5, 5.41) is 24.2. The number of aryl methyl sites for hydroxylation is 1. The Morgan fingerprint density at radius 1 is 1.07 bits per heavy atom. The van der Waals surface area contributed by atoms with Gasteiger partial charge in [0.05, 0.1) is 11.7 Å². The SMILES string of the molecule is CCC(=O)N[C@@H](C(O)N1CCN(C)[C@H](C)C1)[C@@H](C)c1ccc(NC(=O)[C@@H](NC(=O)c2ccnn2CC)[C@H]2CC[C@H](C)CC2)c(F)c1. The molecule has 2 aromatic rings. The highest BCUT2D eigenvalue weighted by molar-refractivity contribution is 6.00. The number of piperazine rings is 1. The highest BCUT2D eigenvalue weighted by atomic mass is 19.1. The molecule has 0 radical (unpaired) electrons. The monoisotopic (exact) mass is 641 g/mol. The van der Waals surface area contributed by atoms with Crippen LogP contribution in [0.2, 0.25) is 0 Å². The Kier molecular flexibility index (Phi) is 12.3. The minimum Gasteiger partial charge on any atom is -0.376 e. The van der Waals surface area contributed by atoms with Crippen molar-refractivity contribution >= 4 is 23.4 Å². The summed E-state index contributed by atoms with van der Waals surface area (Å²) in [5.41, 5.74) is 0.953. The second-order valence-electron chi connectivity index (χ2n) is 13.2. The summed E-state index contributed by atoms with van der Waals surface area (Å²) in [5.74, 6) is -1.66. The number of rotatable bonds is 12. The molecule has 46 heavy (non-hydrogen) atoms. The second-order valence-corrected chi connectivity index (χ2v) is 13.2. The molecule has 1 aromatic carbocycles. The van der Waals surface area contributed by atoms with Crippen molar-refractivity contribution in [2.45, 2.75) is 104 Å². The summed E-state index contributed by atoms with van der Waals surface area (Å²) in [6.45, 7) is 12.3. The highest BCUT2D eigenvalue weighted by Crippen LogP contribution is 2.32. The van der Waals surface area contributed by atoms with Crippen molar-refractivity contribution in [2.75, 3.05) is 32.0 Å². The van der Waals surface area contributed by atoms with Crippen molar-refractivity contribution < 1.29 is 23.9 Å². The van der Waals surface area contributed by atoms with Crippen LogP contribution in [-0.2, 0) is 16.1 Å². The number of aliphatic hydroxyl groups is 1. The van der Waals surface area contributed by atoms with E-state index < -0.39 is 41.9 Å². The lowest BCUT2D eigenvalue weighted by Crippen LogP contribution is -2.60. The summed E-state index contributed by atoms with van der Waals surface area (Å²) >= 11 is 0. The van der Waals surface area contributed by atoms with Crippen molar-refractivity contribution in [2.24, 2.45) is 11.8 Å². The molecule has 4 rings (SSSR count). The van der Waals surface area contributed by atoms with Crippen molar-refractivity contribution in [3.63, 3.8) is 0 Å². The Morgan fingerprint density at radius 3 is 2.41 bits per heavy atom. The fourth-order valence-electron chi connectivity index (χ4n) is 6.63. The van der Waals surface area contributed by atoms with E-state index in [4.69, 9.17) is 0 Å². The van der Waals surface area contributed by atoms with Gasteiger partial charge in [0.2, 0.25) is 11.8 Å². The largest absolute Gasteiger partial charge is 0.376 e.